The topological polar surface area (TPSA) is 96.0 Å². The Kier molecular flexibility index (Phi) is 9.92. The summed E-state index contributed by atoms with van der Waals surface area (Å²) < 4.78 is 31.6. The summed E-state index contributed by atoms with van der Waals surface area (Å²) in [4.78, 5) is 27.7. The number of amides is 2. The Balaban J connectivity index is 2.37. The number of rotatable bonds is 12. The number of nitrogens with one attached hydrogen (secondary N) is 1. The van der Waals surface area contributed by atoms with Crippen molar-refractivity contribution >= 4 is 27.5 Å². The highest BCUT2D eigenvalue weighted by atomic mass is 32.2. The van der Waals surface area contributed by atoms with E-state index in [0.29, 0.717) is 12.3 Å². The summed E-state index contributed by atoms with van der Waals surface area (Å²) in [5, 5.41) is 2.86. The van der Waals surface area contributed by atoms with Crippen LogP contribution in [-0.2, 0) is 26.2 Å². The van der Waals surface area contributed by atoms with E-state index in [1.165, 1.54) is 12.0 Å². The average Bonchev–Trinajstić information content (AvgIpc) is 2.81. The van der Waals surface area contributed by atoms with Crippen molar-refractivity contribution < 1.29 is 22.7 Å². The third kappa shape index (κ3) is 7.48. The number of hydrogen-bond acceptors (Lipinski definition) is 5. The van der Waals surface area contributed by atoms with Gasteiger partial charge in [0.2, 0.25) is 21.8 Å². The van der Waals surface area contributed by atoms with Crippen molar-refractivity contribution in [3.05, 3.63) is 59.7 Å². The number of sulfonamides is 1. The molecule has 9 heteroatoms. The van der Waals surface area contributed by atoms with Crippen LogP contribution in [0.15, 0.2) is 48.5 Å². The molecule has 0 saturated heterocycles. The van der Waals surface area contributed by atoms with Crippen LogP contribution >= 0.6 is 0 Å². The number of carbonyl (C=O) groups is 2. The second-order valence-corrected chi connectivity index (χ2v) is 10.2. The van der Waals surface area contributed by atoms with E-state index in [0.717, 1.165) is 34.5 Å². The van der Waals surface area contributed by atoms with Gasteiger partial charge in [-0.05, 0) is 38.0 Å². The Morgan fingerprint density at radius 2 is 1.74 bits per heavy atom. The Morgan fingerprint density at radius 1 is 1.09 bits per heavy atom. The molecular formula is C25H35N3O5S. The van der Waals surface area contributed by atoms with Crippen LogP contribution < -0.4 is 14.4 Å². The van der Waals surface area contributed by atoms with E-state index < -0.39 is 28.5 Å². The SMILES string of the molecule is CCCCNC(=O)[C@@H](C)N(Cc1ccc(C)cc1)C(=O)CN(c1ccccc1OC)S(C)(=O)=O. The fraction of sp³-hybridized carbons (Fsp3) is 0.440. The molecule has 0 aliphatic heterocycles. The minimum Gasteiger partial charge on any atom is -0.495 e. The number of ether oxygens (including phenoxy) is 1. The lowest BCUT2D eigenvalue weighted by molar-refractivity contribution is -0.139. The maximum absolute atomic E-state index is 13.5. The molecule has 0 heterocycles. The van der Waals surface area contributed by atoms with Crippen LogP contribution in [0.1, 0.15) is 37.8 Å². The van der Waals surface area contributed by atoms with E-state index in [2.05, 4.69) is 5.32 Å². The number of anilines is 1. The van der Waals surface area contributed by atoms with Crippen molar-refractivity contribution in [2.75, 3.05) is 30.8 Å². The molecule has 1 atom stereocenters. The molecule has 186 valence electrons. The van der Waals surface area contributed by atoms with Gasteiger partial charge in [-0.3, -0.25) is 13.9 Å². The largest absolute Gasteiger partial charge is 0.495 e. The minimum absolute atomic E-state index is 0.172. The predicted octanol–water partition coefficient (Wildman–Crippen LogP) is 3.10. The number of benzene rings is 2. The molecule has 2 aromatic rings. The van der Waals surface area contributed by atoms with Gasteiger partial charge >= 0.3 is 0 Å². The van der Waals surface area contributed by atoms with Crippen molar-refractivity contribution in [1.82, 2.24) is 10.2 Å². The van der Waals surface area contributed by atoms with Crippen LogP contribution in [0.3, 0.4) is 0 Å². The highest BCUT2D eigenvalue weighted by molar-refractivity contribution is 7.92. The molecule has 1 N–H and O–H groups in total. The van der Waals surface area contributed by atoms with Crippen molar-refractivity contribution in [3.63, 3.8) is 0 Å². The fourth-order valence-corrected chi connectivity index (χ4v) is 4.29. The monoisotopic (exact) mass is 489 g/mol. The maximum atomic E-state index is 13.5. The highest BCUT2D eigenvalue weighted by Crippen LogP contribution is 2.29. The summed E-state index contributed by atoms with van der Waals surface area (Å²) in [7, 11) is -2.38. The number of carbonyl (C=O) groups excluding carboxylic acids is 2. The van der Waals surface area contributed by atoms with Gasteiger partial charge in [-0.2, -0.15) is 0 Å². The van der Waals surface area contributed by atoms with E-state index >= 15 is 0 Å². The number of unbranched alkanes of at least 4 members (excludes halogenated alkanes) is 1. The summed E-state index contributed by atoms with van der Waals surface area (Å²) in [6.07, 6.45) is 2.81. The van der Waals surface area contributed by atoms with E-state index in [1.54, 1.807) is 31.2 Å². The summed E-state index contributed by atoms with van der Waals surface area (Å²) in [5.41, 5.74) is 2.18. The molecule has 2 aromatic carbocycles. The molecule has 0 aliphatic rings. The zero-order chi connectivity index (χ0) is 25.3. The molecule has 0 saturated carbocycles. The predicted molar refractivity (Wildman–Crippen MR) is 134 cm³/mol. The zero-order valence-corrected chi connectivity index (χ0v) is 21.4. The summed E-state index contributed by atoms with van der Waals surface area (Å²) in [5.74, 6) is -0.441. The number of para-hydroxylation sites is 2. The number of aryl methyl sites for hydroxylation is 1. The van der Waals surface area contributed by atoms with Crippen molar-refractivity contribution in [2.45, 2.75) is 46.2 Å². The van der Waals surface area contributed by atoms with Crippen LogP contribution in [0.4, 0.5) is 5.69 Å². The molecule has 34 heavy (non-hydrogen) atoms. The highest BCUT2D eigenvalue weighted by Gasteiger charge is 2.31. The Labute approximate surface area is 202 Å². The molecule has 0 aliphatic carbocycles. The first-order chi connectivity index (χ1) is 16.1. The fourth-order valence-electron chi connectivity index (χ4n) is 3.44. The molecule has 0 spiro atoms. The van der Waals surface area contributed by atoms with Crippen molar-refractivity contribution in [2.24, 2.45) is 0 Å². The number of methoxy groups -OCH3 is 1. The van der Waals surface area contributed by atoms with Gasteiger partial charge in [0, 0.05) is 13.1 Å². The smallest absolute Gasteiger partial charge is 0.244 e. The Morgan fingerprint density at radius 3 is 2.32 bits per heavy atom. The second kappa shape index (κ2) is 12.4. The Bertz CT molecular complexity index is 1070. The van der Waals surface area contributed by atoms with Gasteiger partial charge in [0.05, 0.1) is 19.1 Å². The van der Waals surface area contributed by atoms with Gasteiger partial charge in [0.15, 0.2) is 0 Å². The van der Waals surface area contributed by atoms with Gasteiger partial charge in [0.25, 0.3) is 0 Å². The summed E-state index contributed by atoms with van der Waals surface area (Å²) in [6, 6.07) is 13.5. The van der Waals surface area contributed by atoms with E-state index in [1.807, 2.05) is 38.1 Å². The Hall–Kier alpha value is -3.07. The maximum Gasteiger partial charge on any atom is 0.244 e. The van der Waals surface area contributed by atoms with Gasteiger partial charge in [-0.1, -0.05) is 55.3 Å². The van der Waals surface area contributed by atoms with Crippen molar-refractivity contribution in [3.8, 4) is 5.75 Å². The lowest BCUT2D eigenvalue weighted by atomic mass is 10.1. The van der Waals surface area contributed by atoms with Crippen molar-refractivity contribution in [1.29, 1.82) is 0 Å². The quantitative estimate of drug-likeness (QED) is 0.462. The first kappa shape index (κ1) is 27.2. The first-order valence-electron chi connectivity index (χ1n) is 11.3. The van der Waals surface area contributed by atoms with Gasteiger partial charge in [-0.25, -0.2) is 8.42 Å². The molecule has 8 nitrogen and oxygen atoms in total. The first-order valence-corrected chi connectivity index (χ1v) is 13.2. The lowest BCUT2D eigenvalue weighted by Crippen LogP contribution is -2.51. The molecule has 2 rings (SSSR count). The van der Waals surface area contributed by atoms with Crippen LogP contribution in [-0.4, -0.2) is 57.6 Å². The summed E-state index contributed by atoms with van der Waals surface area (Å²) >= 11 is 0. The standard InChI is InChI=1S/C25H35N3O5S/c1-6-7-16-26-25(30)20(3)27(17-21-14-12-19(2)13-15-21)24(29)18-28(34(5,31)32)22-10-8-9-11-23(22)33-4/h8-15,20H,6-7,16-18H2,1-5H3,(H,26,30)/t20-/m1/s1. The van der Waals surface area contributed by atoms with E-state index in [9.17, 15) is 18.0 Å². The summed E-state index contributed by atoms with van der Waals surface area (Å²) in [6.45, 7) is 5.88. The molecule has 0 aromatic heterocycles. The van der Waals surface area contributed by atoms with Crippen LogP contribution in [0, 0.1) is 6.92 Å². The van der Waals surface area contributed by atoms with Crippen LogP contribution in [0.5, 0.6) is 5.75 Å². The van der Waals surface area contributed by atoms with Gasteiger partial charge < -0.3 is 15.0 Å². The molecule has 2 amide bonds. The van der Waals surface area contributed by atoms with Gasteiger partial charge in [-0.15, -0.1) is 0 Å². The molecule has 0 fully saturated rings. The normalized spacial score (nSPS) is 12.0. The second-order valence-electron chi connectivity index (χ2n) is 8.27. The number of hydrogen-bond donors (Lipinski definition) is 1. The molecule has 0 unspecified atom stereocenters. The number of nitrogens with zero attached hydrogens (tertiary/aromatic N) is 2. The average molecular weight is 490 g/mol. The molecule has 0 radical (unpaired) electrons. The minimum atomic E-state index is -3.82. The molecule has 0 bridgehead atoms. The zero-order valence-electron chi connectivity index (χ0n) is 20.6. The van der Waals surface area contributed by atoms with Gasteiger partial charge in [0.1, 0.15) is 18.3 Å². The molecular weight excluding hydrogens is 454 g/mol. The van der Waals surface area contributed by atoms with E-state index in [4.69, 9.17) is 4.74 Å². The van der Waals surface area contributed by atoms with Crippen LogP contribution in [0.25, 0.3) is 0 Å². The van der Waals surface area contributed by atoms with E-state index in [-0.39, 0.29) is 18.1 Å². The lowest BCUT2D eigenvalue weighted by Gasteiger charge is -2.31. The van der Waals surface area contributed by atoms with Crippen LogP contribution in [0.2, 0.25) is 0 Å². The third-order valence-electron chi connectivity index (χ3n) is 5.50. The third-order valence-corrected chi connectivity index (χ3v) is 6.63.